The molecular weight excluding hydrogens is 227 g/mol. The van der Waals surface area contributed by atoms with Crippen molar-refractivity contribution in [2.75, 3.05) is 0 Å². The van der Waals surface area contributed by atoms with E-state index in [0.717, 1.165) is 0 Å². The lowest BCUT2D eigenvalue weighted by Gasteiger charge is -1.98. The smallest absolute Gasteiger partial charge is 0.0622 e. The van der Waals surface area contributed by atoms with Crippen LogP contribution in [-0.4, -0.2) is 0 Å². The summed E-state index contributed by atoms with van der Waals surface area (Å²) in [6.45, 7) is 0. The third-order valence-corrected chi connectivity index (χ3v) is 1.88. The molecule has 1 nitrogen and oxygen atoms in total. The number of benzene rings is 2. The molecule has 0 aliphatic heterocycles. The predicted molar refractivity (Wildman–Crippen MR) is 66.7 cm³/mol. The van der Waals surface area contributed by atoms with E-state index in [2.05, 4.69) is 59.8 Å². The minimum Gasteiger partial charge on any atom is -0.0622 e. The quantitative estimate of drug-likeness (QED) is 0.667. The highest BCUT2D eigenvalue weighted by Gasteiger charge is 1.91. The molecule has 0 aromatic heterocycles. The maximum absolute atomic E-state index is 8.72. The van der Waals surface area contributed by atoms with Crippen molar-refractivity contribution >= 4 is 19.1 Å². The molecular formula is C12H11ClOP+. The highest BCUT2D eigenvalue weighted by Crippen LogP contribution is 2.17. The van der Waals surface area contributed by atoms with Gasteiger partial charge in [0.1, 0.15) is 0 Å². The predicted octanol–water partition coefficient (Wildman–Crippen LogP) is 4.52. The average Bonchev–Trinajstić information content (AvgIpc) is 2.32. The molecule has 2 aromatic carbocycles. The van der Waals surface area contributed by atoms with Gasteiger partial charge in [-0.05, 0) is 11.1 Å². The number of rotatable bonds is 1. The molecule has 15 heavy (non-hydrogen) atoms. The lowest BCUT2D eigenvalue weighted by molar-refractivity contribution is 0.605. The monoisotopic (exact) mass is 237 g/mol. The van der Waals surface area contributed by atoms with Crippen molar-refractivity contribution in [3.63, 3.8) is 0 Å². The Balaban J connectivity index is 0.000000337. The molecule has 0 spiro atoms. The summed E-state index contributed by atoms with van der Waals surface area (Å²) in [5, 5.41) is 0. The van der Waals surface area contributed by atoms with Crippen LogP contribution in [-0.2, 0) is 4.57 Å². The largest absolute Gasteiger partial charge is 0.441 e. The molecule has 0 saturated heterocycles. The van der Waals surface area contributed by atoms with Gasteiger partial charge in [-0.25, -0.2) is 0 Å². The number of hydrogen-bond donors (Lipinski definition) is 0. The van der Waals surface area contributed by atoms with Gasteiger partial charge in [-0.1, -0.05) is 65.2 Å². The van der Waals surface area contributed by atoms with Gasteiger partial charge in [0.2, 0.25) is 11.2 Å². The van der Waals surface area contributed by atoms with Gasteiger partial charge in [0, 0.05) is 0 Å². The first-order chi connectivity index (χ1) is 7.38. The Kier molecular flexibility index (Phi) is 5.69. The van der Waals surface area contributed by atoms with Crippen molar-refractivity contribution in [2.24, 2.45) is 0 Å². The van der Waals surface area contributed by atoms with E-state index in [4.69, 9.17) is 4.57 Å². The van der Waals surface area contributed by atoms with E-state index < -0.39 is 7.81 Å². The van der Waals surface area contributed by atoms with E-state index in [-0.39, 0.29) is 0 Å². The molecule has 0 N–H and O–H groups in total. The van der Waals surface area contributed by atoms with E-state index in [1.54, 1.807) is 0 Å². The van der Waals surface area contributed by atoms with Crippen LogP contribution in [0.2, 0.25) is 0 Å². The first-order valence-electron chi connectivity index (χ1n) is 4.46. The van der Waals surface area contributed by atoms with Crippen molar-refractivity contribution in [3.05, 3.63) is 60.7 Å². The van der Waals surface area contributed by atoms with Crippen molar-refractivity contribution in [1.29, 1.82) is 0 Å². The fourth-order valence-electron chi connectivity index (χ4n) is 1.26. The zero-order chi connectivity index (χ0) is 10.9. The SMILES string of the molecule is O=[PH+]Cl.c1ccc(-c2ccccc2)cc1. The summed E-state index contributed by atoms with van der Waals surface area (Å²) < 4.78 is 8.72. The van der Waals surface area contributed by atoms with Gasteiger partial charge in [0.15, 0.2) is 0 Å². The standard InChI is InChI=1S/C12H10.ClOP/c1-3-7-11(8-4-1)12-9-5-2-6-10-12;1-3-2/h1-10H;/p+1. The van der Waals surface area contributed by atoms with Crippen molar-refractivity contribution in [2.45, 2.75) is 0 Å². The third kappa shape index (κ3) is 4.24. The lowest BCUT2D eigenvalue weighted by Crippen LogP contribution is -1.73. The summed E-state index contributed by atoms with van der Waals surface area (Å²) in [5.41, 5.74) is 2.55. The fourth-order valence-corrected chi connectivity index (χ4v) is 1.26. The molecule has 0 saturated carbocycles. The normalized spacial score (nSPS) is 9.13. The molecule has 2 aromatic rings. The van der Waals surface area contributed by atoms with Crippen molar-refractivity contribution in [3.8, 4) is 11.1 Å². The maximum atomic E-state index is 8.72. The molecule has 0 fully saturated rings. The Bertz CT molecular complexity index is 351. The molecule has 1 atom stereocenters. The van der Waals surface area contributed by atoms with Crippen molar-refractivity contribution in [1.82, 2.24) is 0 Å². The van der Waals surface area contributed by atoms with Gasteiger partial charge in [-0.15, -0.1) is 0 Å². The zero-order valence-corrected chi connectivity index (χ0v) is 9.82. The van der Waals surface area contributed by atoms with Crippen LogP contribution in [0.4, 0.5) is 0 Å². The van der Waals surface area contributed by atoms with Crippen LogP contribution in [0.1, 0.15) is 0 Å². The number of halogens is 1. The highest BCUT2D eigenvalue weighted by atomic mass is 35.7. The topological polar surface area (TPSA) is 17.1 Å². The van der Waals surface area contributed by atoms with Crippen LogP contribution in [0.25, 0.3) is 11.1 Å². The summed E-state index contributed by atoms with van der Waals surface area (Å²) in [6, 6.07) is 20.8. The molecule has 0 heterocycles. The Morgan fingerprint density at radius 1 is 0.733 bits per heavy atom. The van der Waals surface area contributed by atoms with Crippen LogP contribution in [0.5, 0.6) is 0 Å². The van der Waals surface area contributed by atoms with E-state index in [1.165, 1.54) is 11.1 Å². The van der Waals surface area contributed by atoms with Crippen LogP contribution in [0.15, 0.2) is 60.7 Å². The maximum Gasteiger partial charge on any atom is 0.441 e. The van der Waals surface area contributed by atoms with Gasteiger partial charge in [0.05, 0.1) is 0 Å². The van der Waals surface area contributed by atoms with Crippen LogP contribution >= 0.6 is 19.1 Å². The second-order valence-corrected chi connectivity index (χ2v) is 3.43. The van der Waals surface area contributed by atoms with Crippen LogP contribution in [0, 0.1) is 0 Å². The minimum absolute atomic E-state index is 0.694. The number of hydrogen-bond acceptors (Lipinski definition) is 1. The molecule has 0 aliphatic rings. The molecule has 0 bridgehead atoms. The molecule has 3 heteroatoms. The van der Waals surface area contributed by atoms with E-state index in [9.17, 15) is 0 Å². The van der Waals surface area contributed by atoms with Crippen LogP contribution in [0.3, 0.4) is 0 Å². The second-order valence-electron chi connectivity index (χ2n) is 2.81. The van der Waals surface area contributed by atoms with E-state index in [0.29, 0.717) is 0 Å². The summed E-state index contributed by atoms with van der Waals surface area (Å²) in [7, 11) is -0.694. The van der Waals surface area contributed by atoms with Gasteiger partial charge >= 0.3 is 7.81 Å². The van der Waals surface area contributed by atoms with Gasteiger partial charge in [-0.2, -0.15) is 0 Å². The first-order valence-corrected chi connectivity index (χ1v) is 6.38. The summed E-state index contributed by atoms with van der Waals surface area (Å²) in [5.74, 6) is 0. The summed E-state index contributed by atoms with van der Waals surface area (Å²) in [6.07, 6.45) is 0. The molecule has 76 valence electrons. The Morgan fingerprint density at radius 3 is 1.27 bits per heavy atom. The summed E-state index contributed by atoms with van der Waals surface area (Å²) >= 11 is 4.47. The molecule has 1 unspecified atom stereocenters. The highest BCUT2D eigenvalue weighted by molar-refractivity contribution is 7.57. The minimum atomic E-state index is -0.694. The molecule has 0 aliphatic carbocycles. The van der Waals surface area contributed by atoms with Gasteiger partial charge in [-0.3, -0.25) is 0 Å². The molecule has 0 radical (unpaired) electrons. The fraction of sp³-hybridized carbons (Fsp3) is 0. The lowest BCUT2D eigenvalue weighted by atomic mass is 10.1. The Labute approximate surface area is 95.7 Å². The van der Waals surface area contributed by atoms with E-state index >= 15 is 0 Å². The Morgan fingerprint density at radius 2 is 1.00 bits per heavy atom. The van der Waals surface area contributed by atoms with E-state index in [1.807, 2.05) is 12.1 Å². The third-order valence-electron chi connectivity index (χ3n) is 1.88. The zero-order valence-electron chi connectivity index (χ0n) is 8.06. The molecule has 2 rings (SSSR count). The van der Waals surface area contributed by atoms with Crippen LogP contribution < -0.4 is 0 Å². The average molecular weight is 238 g/mol. The Hall–Kier alpha value is -1.17. The summed E-state index contributed by atoms with van der Waals surface area (Å²) in [4.78, 5) is 0. The van der Waals surface area contributed by atoms with Gasteiger partial charge < -0.3 is 0 Å². The molecule has 0 amide bonds. The van der Waals surface area contributed by atoms with Crippen molar-refractivity contribution < 1.29 is 4.57 Å². The second kappa shape index (κ2) is 7.17. The first kappa shape index (κ1) is 11.9. The van der Waals surface area contributed by atoms with Gasteiger partial charge in [0.25, 0.3) is 0 Å².